The molecule has 0 bridgehead atoms. The van der Waals surface area contributed by atoms with Crippen LogP contribution in [0.15, 0.2) is 36.8 Å². The van der Waals surface area contributed by atoms with Crippen molar-refractivity contribution >= 4 is 23.9 Å². The first-order chi connectivity index (χ1) is 10.2. The SMILES string of the molecule is CNc1ncncc1C(COC=O)Cc1cccc(Cl)c1. The number of halogens is 1. The highest BCUT2D eigenvalue weighted by atomic mass is 35.5. The lowest BCUT2D eigenvalue weighted by Crippen LogP contribution is -2.14. The molecule has 110 valence electrons. The smallest absolute Gasteiger partial charge is 0.293 e. The molecule has 0 saturated carbocycles. The average Bonchev–Trinajstić information content (AvgIpc) is 2.51. The third-order valence-electron chi connectivity index (χ3n) is 3.15. The molecule has 0 aliphatic heterocycles. The Bertz CT molecular complexity index is 607. The number of aromatic nitrogens is 2. The summed E-state index contributed by atoms with van der Waals surface area (Å²) < 4.78 is 4.96. The summed E-state index contributed by atoms with van der Waals surface area (Å²) >= 11 is 6.01. The Morgan fingerprint density at radius 2 is 2.33 bits per heavy atom. The van der Waals surface area contributed by atoms with Crippen molar-refractivity contribution in [2.75, 3.05) is 19.0 Å². The van der Waals surface area contributed by atoms with E-state index in [4.69, 9.17) is 16.3 Å². The van der Waals surface area contributed by atoms with Crippen LogP contribution in [0.3, 0.4) is 0 Å². The summed E-state index contributed by atoms with van der Waals surface area (Å²) in [6.45, 7) is 0.714. The molecule has 5 nitrogen and oxygen atoms in total. The van der Waals surface area contributed by atoms with Crippen molar-refractivity contribution in [3.05, 3.63) is 52.9 Å². The van der Waals surface area contributed by atoms with E-state index in [0.29, 0.717) is 17.9 Å². The fourth-order valence-electron chi connectivity index (χ4n) is 2.21. The summed E-state index contributed by atoms with van der Waals surface area (Å²) in [5.41, 5.74) is 1.97. The van der Waals surface area contributed by atoms with Gasteiger partial charge in [-0.05, 0) is 24.1 Å². The van der Waals surface area contributed by atoms with Gasteiger partial charge in [-0.25, -0.2) is 9.97 Å². The number of anilines is 1. The molecule has 0 fully saturated rings. The van der Waals surface area contributed by atoms with Crippen LogP contribution in [0.5, 0.6) is 0 Å². The second kappa shape index (κ2) is 7.59. The number of ether oxygens (including phenoxy) is 1. The maximum absolute atomic E-state index is 10.5. The molecule has 2 aromatic rings. The molecule has 0 amide bonds. The molecule has 1 aromatic carbocycles. The van der Waals surface area contributed by atoms with Crippen molar-refractivity contribution in [2.45, 2.75) is 12.3 Å². The van der Waals surface area contributed by atoms with Crippen molar-refractivity contribution in [3.63, 3.8) is 0 Å². The summed E-state index contributed by atoms with van der Waals surface area (Å²) in [4.78, 5) is 18.8. The van der Waals surface area contributed by atoms with Gasteiger partial charge in [0.25, 0.3) is 6.47 Å². The lowest BCUT2D eigenvalue weighted by atomic mass is 9.94. The largest absolute Gasteiger partial charge is 0.467 e. The van der Waals surface area contributed by atoms with Crippen molar-refractivity contribution in [1.29, 1.82) is 0 Å². The normalized spacial score (nSPS) is 11.7. The number of nitrogens with zero attached hydrogens (tertiary/aromatic N) is 2. The van der Waals surface area contributed by atoms with Crippen LogP contribution in [-0.2, 0) is 16.0 Å². The fraction of sp³-hybridized carbons (Fsp3) is 0.267. The number of nitrogens with one attached hydrogen (secondary N) is 1. The number of hydrogen-bond acceptors (Lipinski definition) is 5. The van der Waals surface area contributed by atoms with E-state index in [2.05, 4.69) is 15.3 Å². The summed E-state index contributed by atoms with van der Waals surface area (Å²) in [7, 11) is 1.79. The van der Waals surface area contributed by atoms with Gasteiger partial charge in [-0.2, -0.15) is 0 Å². The molecule has 1 heterocycles. The molecule has 1 aromatic heterocycles. The summed E-state index contributed by atoms with van der Waals surface area (Å²) in [5, 5.41) is 3.71. The van der Waals surface area contributed by atoms with Crippen LogP contribution < -0.4 is 5.32 Å². The Labute approximate surface area is 128 Å². The Morgan fingerprint density at radius 1 is 1.48 bits per heavy atom. The van der Waals surface area contributed by atoms with Crippen LogP contribution >= 0.6 is 11.6 Å². The number of hydrogen-bond donors (Lipinski definition) is 1. The highest BCUT2D eigenvalue weighted by molar-refractivity contribution is 6.30. The monoisotopic (exact) mass is 305 g/mol. The van der Waals surface area contributed by atoms with E-state index in [9.17, 15) is 4.79 Å². The maximum Gasteiger partial charge on any atom is 0.293 e. The van der Waals surface area contributed by atoms with E-state index in [1.807, 2.05) is 24.3 Å². The summed E-state index contributed by atoms with van der Waals surface area (Å²) in [6, 6.07) is 7.61. The second-order valence-electron chi connectivity index (χ2n) is 4.54. The van der Waals surface area contributed by atoms with E-state index in [0.717, 1.165) is 16.9 Å². The number of carbonyl (C=O) groups excluding carboxylic acids is 1. The van der Waals surface area contributed by atoms with Crippen LogP contribution in [0.25, 0.3) is 0 Å². The maximum atomic E-state index is 10.5. The van der Waals surface area contributed by atoms with Crippen molar-refractivity contribution in [3.8, 4) is 0 Å². The third-order valence-corrected chi connectivity index (χ3v) is 3.39. The zero-order chi connectivity index (χ0) is 15.1. The molecule has 1 atom stereocenters. The Morgan fingerprint density at radius 3 is 3.05 bits per heavy atom. The summed E-state index contributed by atoms with van der Waals surface area (Å²) in [6.07, 6.45) is 3.89. The van der Waals surface area contributed by atoms with Crippen LogP contribution in [-0.4, -0.2) is 30.1 Å². The van der Waals surface area contributed by atoms with Gasteiger partial charge in [0.2, 0.25) is 0 Å². The Balaban J connectivity index is 2.27. The topological polar surface area (TPSA) is 64.1 Å². The van der Waals surface area contributed by atoms with Gasteiger partial charge in [-0.3, -0.25) is 4.79 Å². The van der Waals surface area contributed by atoms with Gasteiger partial charge >= 0.3 is 0 Å². The molecule has 0 aliphatic carbocycles. The van der Waals surface area contributed by atoms with Gasteiger partial charge in [-0.1, -0.05) is 23.7 Å². The highest BCUT2D eigenvalue weighted by Gasteiger charge is 2.18. The first kappa shape index (κ1) is 15.3. The van der Waals surface area contributed by atoms with E-state index >= 15 is 0 Å². The third kappa shape index (κ3) is 4.16. The zero-order valence-electron chi connectivity index (χ0n) is 11.6. The van der Waals surface area contributed by atoms with Crippen LogP contribution in [0.4, 0.5) is 5.82 Å². The van der Waals surface area contributed by atoms with Crippen molar-refractivity contribution < 1.29 is 9.53 Å². The van der Waals surface area contributed by atoms with Crippen LogP contribution in [0, 0.1) is 0 Å². The average molecular weight is 306 g/mol. The number of carbonyl (C=O) groups is 1. The molecule has 21 heavy (non-hydrogen) atoms. The van der Waals surface area contributed by atoms with Gasteiger partial charge in [0.15, 0.2) is 0 Å². The predicted molar refractivity (Wildman–Crippen MR) is 81.5 cm³/mol. The number of benzene rings is 1. The minimum atomic E-state index is -0.0442. The second-order valence-corrected chi connectivity index (χ2v) is 4.97. The predicted octanol–water partition coefficient (Wildman–Crippen LogP) is 2.67. The lowest BCUT2D eigenvalue weighted by molar-refractivity contribution is -0.129. The Hall–Kier alpha value is -2.14. The first-order valence-corrected chi connectivity index (χ1v) is 6.89. The van der Waals surface area contributed by atoms with E-state index in [1.54, 1.807) is 13.2 Å². The molecule has 1 N–H and O–H groups in total. The molecule has 2 rings (SSSR count). The van der Waals surface area contributed by atoms with Crippen molar-refractivity contribution in [1.82, 2.24) is 9.97 Å². The van der Waals surface area contributed by atoms with Gasteiger partial charge in [0.1, 0.15) is 12.1 Å². The molecule has 0 radical (unpaired) electrons. The van der Waals surface area contributed by atoms with Gasteiger partial charge in [0.05, 0.1) is 6.61 Å². The van der Waals surface area contributed by atoms with E-state index < -0.39 is 0 Å². The van der Waals surface area contributed by atoms with Crippen LogP contribution in [0.2, 0.25) is 5.02 Å². The highest BCUT2D eigenvalue weighted by Crippen LogP contribution is 2.26. The van der Waals surface area contributed by atoms with Gasteiger partial charge in [0, 0.05) is 29.7 Å². The first-order valence-electron chi connectivity index (χ1n) is 6.52. The van der Waals surface area contributed by atoms with E-state index in [1.165, 1.54) is 6.33 Å². The quantitative estimate of drug-likeness (QED) is 0.797. The minimum Gasteiger partial charge on any atom is -0.467 e. The van der Waals surface area contributed by atoms with E-state index in [-0.39, 0.29) is 12.5 Å². The van der Waals surface area contributed by atoms with Crippen LogP contribution in [0.1, 0.15) is 17.0 Å². The molecular formula is C15H16ClN3O2. The molecular weight excluding hydrogens is 290 g/mol. The standard InChI is InChI=1S/C15H16ClN3O2/c1-17-15-14(7-18-9-19-15)12(8-21-10-20)5-11-3-2-4-13(16)6-11/h2-4,6-7,9-10,12H,5,8H2,1H3,(H,17,18,19). The molecule has 0 spiro atoms. The van der Waals surface area contributed by atoms with Gasteiger partial charge < -0.3 is 10.1 Å². The molecule has 0 aliphatic rings. The lowest BCUT2D eigenvalue weighted by Gasteiger charge is -2.18. The Kier molecular flexibility index (Phi) is 5.51. The fourth-order valence-corrected chi connectivity index (χ4v) is 2.42. The molecule has 6 heteroatoms. The van der Waals surface area contributed by atoms with Crippen molar-refractivity contribution in [2.24, 2.45) is 0 Å². The zero-order valence-corrected chi connectivity index (χ0v) is 12.4. The molecule has 0 saturated heterocycles. The van der Waals surface area contributed by atoms with Gasteiger partial charge in [-0.15, -0.1) is 0 Å². The minimum absolute atomic E-state index is 0.0442. The number of rotatable bonds is 7. The molecule has 1 unspecified atom stereocenters. The summed E-state index contributed by atoms with van der Waals surface area (Å²) in [5.74, 6) is 0.684.